The van der Waals surface area contributed by atoms with Crippen LogP contribution in [-0.2, 0) is 0 Å². The van der Waals surface area contributed by atoms with E-state index in [-0.39, 0.29) is 0 Å². The van der Waals surface area contributed by atoms with Crippen LogP contribution >= 0.6 is 0 Å². The van der Waals surface area contributed by atoms with Crippen molar-refractivity contribution in [3.8, 4) is 0 Å². The minimum absolute atomic E-state index is 0.858. The maximum atomic E-state index is 2.75. The van der Waals surface area contributed by atoms with Crippen molar-refractivity contribution in [1.29, 1.82) is 0 Å². The van der Waals surface area contributed by atoms with Crippen molar-refractivity contribution < 1.29 is 0 Å². The Kier molecular flexibility index (Phi) is 2.64. The van der Waals surface area contributed by atoms with Gasteiger partial charge in [0.05, 0.1) is 0 Å². The SMILES string of the molecule is CC(C)C1CCCN1CC1CC1C. The minimum Gasteiger partial charge on any atom is -0.300 e. The monoisotopic (exact) mass is 181 g/mol. The first-order chi connectivity index (χ1) is 6.18. The molecule has 2 aliphatic rings. The van der Waals surface area contributed by atoms with E-state index < -0.39 is 0 Å². The molecule has 0 spiro atoms. The summed E-state index contributed by atoms with van der Waals surface area (Å²) < 4.78 is 0. The van der Waals surface area contributed by atoms with Crippen LogP contribution in [-0.4, -0.2) is 24.0 Å². The molecule has 1 saturated carbocycles. The molecule has 0 aromatic heterocycles. The molecule has 0 bridgehead atoms. The first kappa shape index (κ1) is 9.51. The van der Waals surface area contributed by atoms with E-state index in [0.717, 1.165) is 23.8 Å². The van der Waals surface area contributed by atoms with Gasteiger partial charge in [0.2, 0.25) is 0 Å². The average molecular weight is 181 g/mol. The normalized spacial score (nSPS) is 40.2. The molecule has 13 heavy (non-hydrogen) atoms. The molecule has 1 nitrogen and oxygen atoms in total. The topological polar surface area (TPSA) is 3.24 Å². The van der Waals surface area contributed by atoms with Crippen LogP contribution in [0.3, 0.4) is 0 Å². The summed E-state index contributed by atoms with van der Waals surface area (Å²) in [6.07, 6.45) is 4.37. The van der Waals surface area contributed by atoms with Crippen molar-refractivity contribution in [2.45, 2.75) is 46.1 Å². The summed E-state index contributed by atoms with van der Waals surface area (Å²) >= 11 is 0. The first-order valence-corrected chi connectivity index (χ1v) is 5.92. The van der Waals surface area contributed by atoms with Gasteiger partial charge in [0.1, 0.15) is 0 Å². The van der Waals surface area contributed by atoms with E-state index in [4.69, 9.17) is 0 Å². The molecule has 2 fully saturated rings. The molecule has 0 aromatic rings. The highest BCUT2D eigenvalue weighted by atomic mass is 15.2. The lowest BCUT2D eigenvalue weighted by atomic mass is 10.0. The summed E-state index contributed by atoms with van der Waals surface area (Å²) in [7, 11) is 0. The third kappa shape index (κ3) is 2.07. The number of hydrogen-bond acceptors (Lipinski definition) is 1. The third-order valence-electron chi connectivity index (χ3n) is 3.93. The molecule has 2 rings (SSSR count). The Morgan fingerprint density at radius 1 is 1.38 bits per heavy atom. The zero-order valence-corrected chi connectivity index (χ0v) is 9.29. The van der Waals surface area contributed by atoms with Crippen LogP contribution in [0.25, 0.3) is 0 Å². The standard InChI is InChI=1S/C12H23N/c1-9(2)12-5-4-6-13(12)8-11-7-10(11)3/h9-12H,4-8H2,1-3H3. The summed E-state index contributed by atoms with van der Waals surface area (Å²) in [6, 6.07) is 0.896. The average Bonchev–Trinajstić information content (AvgIpc) is 2.62. The predicted molar refractivity (Wildman–Crippen MR) is 56.7 cm³/mol. The van der Waals surface area contributed by atoms with Gasteiger partial charge in [0.25, 0.3) is 0 Å². The van der Waals surface area contributed by atoms with Gasteiger partial charge in [0.15, 0.2) is 0 Å². The summed E-state index contributed by atoms with van der Waals surface area (Å²) in [6.45, 7) is 9.90. The van der Waals surface area contributed by atoms with Gasteiger partial charge >= 0.3 is 0 Å². The molecule has 3 unspecified atom stereocenters. The predicted octanol–water partition coefficient (Wildman–Crippen LogP) is 2.76. The fourth-order valence-corrected chi connectivity index (χ4v) is 2.79. The molecule has 1 aliphatic carbocycles. The second-order valence-electron chi connectivity index (χ2n) is 5.42. The molecule has 1 aliphatic heterocycles. The van der Waals surface area contributed by atoms with Crippen molar-refractivity contribution >= 4 is 0 Å². The molecule has 0 radical (unpaired) electrons. The van der Waals surface area contributed by atoms with E-state index in [1.807, 2.05) is 0 Å². The Labute approximate surface area is 82.5 Å². The molecular weight excluding hydrogens is 158 g/mol. The number of hydrogen-bond donors (Lipinski definition) is 0. The van der Waals surface area contributed by atoms with Crippen LogP contribution in [0.5, 0.6) is 0 Å². The lowest BCUT2D eigenvalue weighted by Crippen LogP contribution is -2.35. The molecule has 3 atom stereocenters. The van der Waals surface area contributed by atoms with E-state index in [0.29, 0.717) is 0 Å². The summed E-state index contributed by atoms with van der Waals surface area (Å²) in [5.74, 6) is 2.92. The van der Waals surface area contributed by atoms with Gasteiger partial charge in [-0.25, -0.2) is 0 Å². The van der Waals surface area contributed by atoms with Gasteiger partial charge in [-0.2, -0.15) is 0 Å². The Bertz CT molecular complexity index is 176. The minimum atomic E-state index is 0.858. The van der Waals surface area contributed by atoms with Crippen LogP contribution in [0.1, 0.15) is 40.0 Å². The van der Waals surface area contributed by atoms with Gasteiger partial charge in [-0.3, -0.25) is 4.90 Å². The van der Waals surface area contributed by atoms with Crippen molar-refractivity contribution in [1.82, 2.24) is 4.90 Å². The first-order valence-electron chi connectivity index (χ1n) is 5.92. The van der Waals surface area contributed by atoms with Crippen LogP contribution in [0.15, 0.2) is 0 Å². The molecular formula is C12H23N. The van der Waals surface area contributed by atoms with Crippen LogP contribution < -0.4 is 0 Å². The maximum Gasteiger partial charge on any atom is 0.0119 e. The Morgan fingerprint density at radius 3 is 2.62 bits per heavy atom. The van der Waals surface area contributed by atoms with E-state index in [1.54, 1.807) is 0 Å². The Hall–Kier alpha value is -0.0400. The van der Waals surface area contributed by atoms with E-state index in [2.05, 4.69) is 25.7 Å². The second-order valence-corrected chi connectivity index (χ2v) is 5.42. The third-order valence-corrected chi connectivity index (χ3v) is 3.93. The molecule has 1 saturated heterocycles. The van der Waals surface area contributed by atoms with Gasteiger partial charge in [-0.05, 0) is 43.6 Å². The van der Waals surface area contributed by atoms with Crippen molar-refractivity contribution in [3.05, 3.63) is 0 Å². The van der Waals surface area contributed by atoms with Crippen LogP contribution in [0, 0.1) is 17.8 Å². The highest BCUT2D eigenvalue weighted by Gasteiger charge is 2.37. The molecule has 76 valence electrons. The summed E-state index contributed by atoms with van der Waals surface area (Å²) in [4.78, 5) is 2.75. The van der Waals surface area contributed by atoms with Crippen molar-refractivity contribution in [2.24, 2.45) is 17.8 Å². The zero-order valence-electron chi connectivity index (χ0n) is 9.29. The van der Waals surface area contributed by atoms with Gasteiger partial charge in [-0.15, -0.1) is 0 Å². The summed E-state index contributed by atoms with van der Waals surface area (Å²) in [5, 5.41) is 0. The summed E-state index contributed by atoms with van der Waals surface area (Å²) in [5.41, 5.74) is 0. The van der Waals surface area contributed by atoms with Gasteiger partial charge < -0.3 is 0 Å². The molecule has 0 aromatic carbocycles. The molecule has 1 heteroatoms. The lowest BCUT2D eigenvalue weighted by Gasteiger charge is -2.27. The zero-order chi connectivity index (χ0) is 9.42. The van der Waals surface area contributed by atoms with E-state index in [9.17, 15) is 0 Å². The van der Waals surface area contributed by atoms with Crippen LogP contribution in [0.4, 0.5) is 0 Å². The number of likely N-dealkylation sites (tertiary alicyclic amines) is 1. The second kappa shape index (κ2) is 3.61. The Morgan fingerprint density at radius 2 is 2.08 bits per heavy atom. The smallest absolute Gasteiger partial charge is 0.0119 e. The van der Waals surface area contributed by atoms with Crippen molar-refractivity contribution in [3.63, 3.8) is 0 Å². The quantitative estimate of drug-likeness (QED) is 0.647. The van der Waals surface area contributed by atoms with Crippen molar-refractivity contribution in [2.75, 3.05) is 13.1 Å². The molecule has 1 heterocycles. The van der Waals surface area contributed by atoms with Gasteiger partial charge in [0, 0.05) is 12.6 Å². The fourth-order valence-electron chi connectivity index (χ4n) is 2.79. The number of rotatable bonds is 3. The molecule has 0 N–H and O–H groups in total. The van der Waals surface area contributed by atoms with Crippen LogP contribution in [0.2, 0.25) is 0 Å². The number of nitrogens with zero attached hydrogens (tertiary/aromatic N) is 1. The lowest BCUT2D eigenvalue weighted by molar-refractivity contribution is 0.196. The largest absolute Gasteiger partial charge is 0.300 e. The Balaban J connectivity index is 1.83. The fraction of sp³-hybridized carbons (Fsp3) is 1.00. The maximum absolute atomic E-state index is 2.75. The van der Waals surface area contributed by atoms with Gasteiger partial charge in [-0.1, -0.05) is 20.8 Å². The van der Waals surface area contributed by atoms with E-state index in [1.165, 1.54) is 32.4 Å². The molecule has 0 amide bonds. The van der Waals surface area contributed by atoms with E-state index >= 15 is 0 Å². The highest BCUT2D eigenvalue weighted by molar-refractivity contribution is 4.90. The highest BCUT2D eigenvalue weighted by Crippen LogP contribution is 2.40.